The van der Waals surface area contributed by atoms with E-state index >= 15 is 0 Å². The standard InChI is InChI=1S/C10H12Cl2N2O2S/c1-13(3-4-17-2)10-8(12)5-7(11)6-9(10)14(15)16/h5-6H,3-4H2,1-2H3. The van der Waals surface area contributed by atoms with Crippen molar-refractivity contribution < 1.29 is 4.92 Å². The Labute approximate surface area is 114 Å². The van der Waals surface area contributed by atoms with Crippen LogP contribution in [-0.4, -0.2) is 30.5 Å². The van der Waals surface area contributed by atoms with E-state index in [2.05, 4.69) is 0 Å². The second-order valence-corrected chi connectivity index (χ2v) is 5.26. The number of thioether (sulfide) groups is 1. The minimum atomic E-state index is -0.470. The monoisotopic (exact) mass is 294 g/mol. The fraction of sp³-hybridized carbons (Fsp3) is 0.400. The number of hydrogen-bond acceptors (Lipinski definition) is 4. The molecule has 1 aromatic carbocycles. The summed E-state index contributed by atoms with van der Waals surface area (Å²) < 4.78 is 0. The Morgan fingerprint density at radius 1 is 1.47 bits per heavy atom. The van der Waals surface area contributed by atoms with E-state index < -0.39 is 4.92 Å². The maximum atomic E-state index is 11.0. The van der Waals surface area contributed by atoms with Gasteiger partial charge in [0.1, 0.15) is 5.69 Å². The molecule has 0 saturated carbocycles. The van der Waals surface area contributed by atoms with Gasteiger partial charge in [-0.3, -0.25) is 10.1 Å². The van der Waals surface area contributed by atoms with Crippen LogP contribution in [0.4, 0.5) is 11.4 Å². The van der Waals surface area contributed by atoms with Gasteiger partial charge in [-0.05, 0) is 12.3 Å². The first-order valence-corrected chi connectivity index (χ1v) is 6.96. The zero-order valence-corrected chi connectivity index (χ0v) is 11.8. The van der Waals surface area contributed by atoms with Gasteiger partial charge in [-0.1, -0.05) is 23.2 Å². The minimum absolute atomic E-state index is 0.0638. The van der Waals surface area contributed by atoms with Gasteiger partial charge in [0, 0.05) is 30.4 Å². The average Bonchev–Trinajstić information content (AvgIpc) is 2.24. The van der Waals surface area contributed by atoms with Gasteiger partial charge in [0.2, 0.25) is 0 Å². The van der Waals surface area contributed by atoms with Crippen molar-refractivity contribution in [2.24, 2.45) is 0 Å². The number of rotatable bonds is 5. The maximum absolute atomic E-state index is 11.0. The van der Waals surface area contributed by atoms with E-state index in [0.29, 0.717) is 17.3 Å². The number of nitrogens with zero attached hydrogens (tertiary/aromatic N) is 2. The fourth-order valence-electron chi connectivity index (χ4n) is 1.41. The molecule has 0 unspecified atom stereocenters. The lowest BCUT2D eigenvalue weighted by Gasteiger charge is -2.20. The zero-order chi connectivity index (χ0) is 13.0. The SMILES string of the molecule is CSCCN(C)c1c(Cl)cc(Cl)cc1[N+](=O)[O-]. The summed E-state index contributed by atoms with van der Waals surface area (Å²) >= 11 is 13.4. The maximum Gasteiger partial charge on any atom is 0.295 e. The van der Waals surface area contributed by atoms with Crippen molar-refractivity contribution in [3.63, 3.8) is 0 Å². The van der Waals surface area contributed by atoms with Gasteiger partial charge in [-0.2, -0.15) is 11.8 Å². The van der Waals surface area contributed by atoms with E-state index in [9.17, 15) is 10.1 Å². The topological polar surface area (TPSA) is 46.4 Å². The first-order chi connectivity index (χ1) is 7.97. The van der Waals surface area contributed by atoms with Gasteiger partial charge < -0.3 is 4.90 Å². The second kappa shape index (κ2) is 6.33. The molecule has 0 saturated heterocycles. The quantitative estimate of drug-likeness (QED) is 0.614. The van der Waals surface area contributed by atoms with Crippen molar-refractivity contribution in [2.75, 3.05) is 30.5 Å². The Morgan fingerprint density at radius 3 is 2.65 bits per heavy atom. The van der Waals surface area contributed by atoms with E-state index in [4.69, 9.17) is 23.2 Å². The van der Waals surface area contributed by atoms with Crippen LogP contribution in [0.25, 0.3) is 0 Å². The summed E-state index contributed by atoms with van der Waals surface area (Å²) in [6.45, 7) is 0.684. The van der Waals surface area contributed by atoms with Crippen LogP contribution in [0.15, 0.2) is 12.1 Å². The molecule has 0 aliphatic rings. The molecule has 7 heteroatoms. The highest BCUT2D eigenvalue weighted by Gasteiger charge is 2.21. The Kier molecular flexibility index (Phi) is 5.36. The van der Waals surface area contributed by atoms with E-state index in [-0.39, 0.29) is 10.7 Å². The third-order valence-corrected chi connectivity index (χ3v) is 3.31. The van der Waals surface area contributed by atoms with Crippen LogP contribution >= 0.6 is 35.0 Å². The Balaban J connectivity index is 3.16. The Bertz CT molecular complexity index is 429. The van der Waals surface area contributed by atoms with Crippen molar-refractivity contribution in [3.8, 4) is 0 Å². The molecule has 94 valence electrons. The molecule has 17 heavy (non-hydrogen) atoms. The number of benzene rings is 1. The number of halogens is 2. The molecule has 0 aromatic heterocycles. The number of nitro groups is 1. The van der Waals surface area contributed by atoms with Gasteiger partial charge >= 0.3 is 0 Å². The Hall–Kier alpha value is -0.650. The van der Waals surface area contributed by atoms with Crippen LogP contribution in [0.5, 0.6) is 0 Å². The van der Waals surface area contributed by atoms with Crippen molar-refractivity contribution >= 4 is 46.3 Å². The second-order valence-electron chi connectivity index (χ2n) is 3.43. The lowest BCUT2D eigenvalue weighted by atomic mass is 10.2. The molecule has 1 aromatic rings. The lowest BCUT2D eigenvalue weighted by molar-refractivity contribution is -0.384. The van der Waals surface area contributed by atoms with Crippen molar-refractivity contribution in [3.05, 3.63) is 32.3 Å². The van der Waals surface area contributed by atoms with Crippen LogP contribution in [0.2, 0.25) is 10.0 Å². The molecule has 0 N–H and O–H groups in total. The smallest absolute Gasteiger partial charge is 0.295 e. The first kappa shape index (κ1) is 14.4. The fourth-order valence-corrected chi connectivity index (χ4v) is 2.49. The summed E-state index contributed by atoms with van der Waals surface area (Å²) in [4.78, 5) is 12.3. The highest BCUT2D eigenvalue weighted by atomic mass is 35.5. The molecule has 0 atom stereocenters. The summed E-state index contributed by atoms with van der Waals surface area (Å²) in [5.74, 6) is 0.868. The molecular formula is C10H12Cl2N2O2S. The third kappa shape index (κ3) is 3.66. The van der Waals surface area contributed by atoms with Crippen LogP contribution in [0.3, 0.4) is 0 Å². The van der Waals surface area contributed by atoms with Crippen molar-refractivity contribution in [2.45, 2.75) is 0 Å². The van der Waals surface area contributed by atoms with Gasteiger partial charge in [0.15, 0.2) is 0 Å². The molecule has 0 spiro atoms. The predicted octanol–water partition coefficient (Wildman–Crippen LogP) is 3.70. The molecule has 4 nitrogen and oxygen atoms in total. The molecule has 1 rings (SSSR count). The van der Waals surface area contributed by atoms with Gasteiger partial charge in [-0.15, -0.1) is 0 Å². The highest BCUT2D eigenvalue weighted by Crippen LogP contribution is 2.37. The Morgan fingerprint density at radius 2 is 2.12 bits per heavy atom. The summed E-state index contributed by atoms with van der Waals surface area (Å²) in [6.07, 6.45) is 1.98. The van der Waals surface area contributed by atoms with Crippen LogP contribution in [0.1, 0.15) is 0 Å². The van der Waals surface area contributed by atoms with Crippen LogP contribution in [0, 0.1) is 10.1 Å². The minimum Gasteiger partial charge on any atom is -0.367 e. The number of hydrogen-bond donors (Lipinski definition) is 0. The number of anilines is 1. The zero-order valence-electron chi connectivity index (χ0n) is 9.44. The van der Waals surface area contributed by atoms with E-state index in [1.165, 1.54) is 12.1 Å². The van der Waals surface area contributed by atoms with Gasteiger partial charge in [0.05, 0.1) is 9.95 Å². The molecule has 0 bridgehead atoms. The normalized spacial score (nSPS) is 10.4. The highest BCUT2D eigenvalue weighted by molar-refractivity contribution is 7.98. The molecule has 0 amide bonds. The number of nitro benzene ring substituents is 1. The van der Waals surface area contributed by atoms with Gasteiger partial charge in [0.25, 0.3) is 5.69 Å². The largest absolute Gasteiger partial charge is 0.367 e. The molecular weight excluding hydrogens is 283 g/mol. The first-order valence-electron chi connectivity index (χ1n) is 4.81. The molecule has 0 fully saturated rings. The molecule has 0 radical (unpaired) electrons. The summed E-state index contributed by atoms with van der Waals surface area (Å²) in [6, 6.07) is 2.83. The van der Waals surface area contributed by atoms with Crippen LogP contribution < -0.4 is 4.90 Å². The summed E-state index contributed by atoms with van der Waals surface area (Å²) in [5, 5.41) is 11.5. The molecule has 0 aliphatic heterocycles. The van der Waals surface area contributed by atoms with E-state index in [0.717, 1.165) is 5.75 Å². The summed E-state index contributed by atoms with van der Waals surface area (Å²) in [5.41, 5.74) is 0.348. The van der Waals surface area contributed by atoms with E-state index in [1.807, 2.05) is 6.26 Å². The van der Waals surface area contributed by atoms with Gasteiger partial charge in [-0.25, -0.2) is 0 Å². The molecule has 0 aliphatic carbocycles. The predicted molar refractivity (Wildman–Crippen MR) is 74.8 cm³/mol. The summed E-state index contributed by atoms with van der Waals surface area (Å²) in [7, 11) is 1.78. The van der Waals surface area contributed by atoms with Crippen LogP contribution in [-0.2, 0) is 0 Å². The van der Waals surface area contributed by atoms with Crippen molar-refractivity contribution in [1.29, 1.82) is 0 Å². The third-order valence-electron chi connectivity index (χ3n) is 2.22. The van der Waals surface area contributed by atoms with E-state index in [1.54, 1.807) is 23.7 Å². The molecule has 0 heterocycles. The average molecular weight is 295 g/mol. The van der Waals surface area contributed by atoms with Crippen molar-refractivity contribution in [1.82, 2.24) is 0 Å². The lowest BCUT2D eigenvalue weighted by Crippen LogP contribution is -2.21.